The molecule has 0 aliphatic carbocycles. The molecule has 0 atom stereocenters. The van der Waals surface area contributed by atoms with Crippen LogP contribution < -0.4 is 5.32 Å². The number of carbonyl (C=O) groups is 1. The molecule has 1 aliphatic heterocycles. The van der Waals surface area contributed by atoms with Crippen molar-refractivity contribution in [2.75, 3.05) is 46.3 Å². The molecule has 108 valence electrons. The second kappa shape index (κ2) is 8.89. The van der Waals surface area contributed by atoms with Crippen LogP contribution >= 0.6 is 0 Å². The first kappa shape index (κ1) is 15.9. The molecule has 19 heavy (non-hydrogen) atoms. The third-order valence-corrected chi connectivity index (χ3v) is 3.73. The van der Waals surface area contributed by atoms with Crippen molar-refractivity contribution in [2.24, 2.45) is 5.92 Å². The summed E-state index contributed by atoms with van der Waals surface area (Å²) in [5, 5.41) is 11.9. The number of likely N-dealkylation sites (tertiary alicyclic amines) is 1. The zero-order valence-corrected chi connectivity index (χ0v) is 12.2. The van der Waals surface area contributed by atoms with Crippen LogP contribution in [0.4, 0.5) is 0 Å². The Morgan fingerprint density at radius 2 is 2.16 bits per heavy atom. The quantitative estimate of drug-likeness (QED) is 0.736. The molecule has 0 saturated carbocycles. The van der Waals surface area contributed by atoms with Gasteiger partial charge in [-0.1, -0.05) is 6.92 Å². The third kappa shape index (κ3) is 6.04. The zero-order valence-electron chi connectivity index (χ0n) is 12.2. The van der Waals surface area contributed by atoms with Crippen LogP contribution in [0.2, 0.25) is 0 Å². The Labute approximate surface area is 116 Å². The van der Waals surface area contributed by atoms with Crippen LogP contribution in [0.3, 0.4) is 0 Å². The van der Waals surface area contributed by atoms with Gasteiger partial charge in [0, 0.05) is 13.6 Å². The fourth-order valence-corrected chi connectivity index (χ4v) is 2.35. The summed E-state index contributed by atoms with van der Waals surface area (Å²) in [6.07, 6.45) is 2.75. The number of piperidine rings is 1. The predicted molar refractivity (Wildman–Crippen MR) is 75.6 cm³/mol. The molecule has 1 N–H and O–H groups in total. The van der Waals surface area contributed by atoms with Crippen LogP contribution in [-0.4, -0.2) is 62.0 Å². The summed E-state index contributed by atoms with van der Waals surface area (Å²) in [5.41, 5.74) is 0. The van der Waals surface area contributed by atoms with Crippen molar-refractivity contribution in [3.05, 3.63) is 0 Å². The fraction of sp³-hybridized carbons (Fsp3) is 0.857. The van der Waals surface area contributed by atoms with Gasteiger partial charge in [0.15, 0.2) is 0 Å². The molecule has 1 saturated heterocycles. The molecule has 0 aromatic rings. The van der Waals surface area contributed by atoms with Crippen molar-refractivity contribution in [3.63, 3.8) is 0 Å². The van der Waals surface area contributed by atoms with Gasteiger partial charge in [0.05, 0.1) is 19.0 Å². The normalized spacial score (nSPS) is 17.1. The van der Waals surface area contributed by atoms with Gasteiger partial charge >= 0.3 is 0 Å². The minimum absolute atomic E-state index is 0.125. The fourth-order valence-electron chi connectivity index (χ4n) is 2.35. The molecule has 0 spiro atoms. The molecule has 0 radical (unpaired) electrons. The van der Waals surface area contributed by atoms with E-state index in [2.05, 4.69) is 23.2 Å². The Morgan fingerprint density at radius 1 is 1.47 bits per heavy atom. The molecule has 1 fully saturated rings. The van der Waals surface area contributed by atoms with Gasteiger partial charge < -0.3 is 10.2 Å². The van der Waals surface area contributed by atoms with Crippen molar-refractivity contribution in [1.29, 1.82) is 5.26 Å². The number of nitrogens with zero attached hydrogens (tertiary/aromatic N) is 3. The number of nitrogens with one attached hydrogen (secondary N) is 1. The molecule has 1 amide bonds. The van der Waals surface area contributed by atoms with Crippen LogP contribution in [0.1, 0.15) is 26.2 Å². The molecule has 0 aromatic carbocycles. The van der Waals surface area contributed by atoms with Gasteiger partial charge in [-0.25, -0.2) is 0 Å². The monoisotopic (exact) mass is 266 g/mol. The van der Waals surface area contributed by atoms with Gasteiger partial charge in [0.25, 0.3) is 0 Å². The highest BCUT2D eigenvalue weighted by Crippen LogP contribution is 2.16. The minimum Gasteiger partial charge on any atom is -0.344 e. The number of carbonyl (C=O) groups excluding carboxylic acids is 1. The number of likely N-dealkylation sites (N-methyl/N-ethyl adjacent to an activating group) is 1. The van der Waals surface area contributed by atoms with Crippen molar-refractivity contribution in [1.82, 2.24) is 15.1 Å². The lowest BCUT2D eigenvalue weighted by Gasteiger charge is -2.32. The molecular weight excluding hydrogens is 240 g/mol. The average molecular weight is 266 g/mol. The lowest BCUT2D eigenvalue weighted by molar-refractivity contribution is -0.131. The maximum absolute atomic E-state index is 11.9. The Bertz CT molecular complexity index is 305. The van der Waals surface area contributed by atoms with Crippen LogP contribution in [0.15, 0.2) is 0 Å². The van der Waals surface area contributed by atoms with E-state index >= 15 is 0 Å². The van der Waals surface area contributed by atoms with E-state index in [1.54, 1.807) is 11.9 Å². The maximum atomic E-state index is 11.9. The SMILES string of the molecule is CCNCC1CCN(CC(=O)N(C)CCC#N)CC1. The van der Waals surface area contributed by atoms with Gasteiger partial charge in [0.2, 0.25) is 5.91 Å². The van der Waals surface area contributed by atoms with Crippen molar-refractivity contribution >= 4 is 5.91 Å². The molecule has 0 unspecified atom stereocenters. The zero-order chi connectivity index (χ0) is 14.1. The van der Waals surface area contributed by atoms with E-state index in [-0.39, 0.29) is 5.91 Å². The smallest absolute Gasteiger partial charge is 0.236 e. The molecule has 1 rings (SSSR count). The molecule has 1 heterocycles. The van der Waals surface area contributed by atoms with E-state index in [1.807, 2.05) is 0 Å². The Hall–Kier alpha value is -1.12. The number of hydrogen-bond donors (Lipinski definition) is 1. The van der Waals surface area contributed by atoms with E-state index in [4.69, 9.17) is 5.26 Å². The summed E-state index contributed by atoms with van der Waals surface area (Å²) in [6, 6.07) is 2.07. The van der Waals surface area contributed by atoms with E-state index in [0.717, 1.165) is 32.1 Å². The number of rotatable bonds is 7. The van der Waals surface area contributed by atoms with E-state index in [0.29, 0.717) is 19.5 Å². The topological polar surface area (TPSA) is 59.4 Å². The van der Waals surface area contributed by atoms with Crippen LogP contribution in [0.5, 0.6) is 0 Å². The van der Waals surface area contributed by atoms with Gasteiger partial charge in [0.1, 0.15) is 0 Å². The highest BCUT2D eigenvalue weighted by atomic mass is 16.2. The number of hydrogen-bond acceptors (Lipinski definition) is 4. The Kier molecular flexibility index (Phi) is 7.46. The molecule has 1 aliphatic rings. The van der Waals surface area contributed by atoms with Crippen molar-refractivity contribution in [2.45, 2.75) is 26.2 Å². The third-order valence-electron chi connectivity index (χ3n) is 3.73. The summed E-state index contributed by atoms with van der Waals surface area (Å²) in [7, 11) is 1.78. The van der Waals surface area contributed by atoms with Crippen molar-refractivity contribution in [3.8, 4) is 6.07 Å². The number of nitriles is 1. The largest absolute Gasteiger partial charge is 0.344 e. The maximum Gasteiger partial charge on any atom is 0.236 e. The first-order valence-electron chi connectivity index (χ1n) is 7.21. The molecule has 0 aromatic heterocycles. The van der Waals surface area contributed by atoms with Gasteiger partial charge in [-0.05, 0) is 44.9 Å². The minimum atomic E-state index is 0.125. The first-order chi connectivity index (χ1) is 9.17. The lowest BCUT2D eigenvalue weighted by atomic mass is 9.97. The summed E-state index contributed by atoms with van der Waals surface area (Å²) in [4.78, 5) is 15.8. The number of amides is 1. The van der Waals surface area contributed by atoms with Crippen molar-refractivity contribution < 1.29 is 4.79 Å². The van der Waals surface area contributed by atoms with E-state index in [1.165, 1.54) is 12.8 Å². The molecule has 5 heteroatoms. The molecular formula is C14H26N4O. The summed E-state index contributed by atoms with van der Waals surface area (Å²) < 4.78 is 0. The highest BCUT2D eigenvalue weighted by Gasteiger charge is 2.21. The second-order valence-corrected chi connectivity index (χ2v) is 5.25. The standard InChI is InChI=1S/C14H26N4O/c1-3-16-11-13-5-9-18(10-6-13)12-14(19)17(2)8-4-7-15/h13,16H,3-6,8-12H2,1-2H3. The van der Waals surface area contributed by atoms with Gasteiger partial charge in [-0.2, -0.15) is 5.26 Å². The van der Waals surface area contributed by atoms with Crippen LogP contribution in [0.25, 0.3) is 0 Å². The first-order valence-corrected chi connectivity index (χ1v) is 7.21. The van der Waals surface area contributed by atoms with Crippen LogP contribution in [-0.2, 0) is 4.79 Å². The predicted octanol–water partition coefficient (Wildman–Crippen LogP) is 0.680. The van der Waals surface area contributed by atoms with Gasteiger partial charge in [-0.3, -0.25) is 9.69 Å². The Morgan fingerprint density at radius 3 is 2.74 bits per heavy atom. The summed E-state index contributed by atoms with van der Waals surface area (Å²) >= 11 is 0. The van der Waals surface area contributed by atoms with Gasteiger partial charge in [-0.15, -0.1) is 0 Å². The second-order valence-electron chi connectivity index (χ2n) is 5.25. The van der Waals surface area contributed by atoms with E-state index < -0.39 is 0 Å². The summed E-state index contributed by atoms with van der Waals surface area (Å²) in [6.45, 7) is 7.30. The van der Waals surface area contributed by atoms with Crippen LogP contribution in [0, 0.1) is 17.2 Å². The summed E-state index contributed by atoms with van der Waals surface area (Å²) in [5.74, 6) is 0.878. The lowest BCUT2D eigenvalue weighted by Crippen LogP contribution is -2.43. The van der Waals surface area contributed by atoms with E-state index in [9.17, 15) is 4.79 Å². The average Bonchev–Trinajstić information content (AvgIpc) is 2.43. The Balaban J connectivity index is 2.21. The molecule has 5 nitrogen and oxygen atoms in total. The molecule has 0 bridgehead atoms. The highest BCUT2D eigenvalue weighted by molar-refractivity contribution is 5.78.